The minimum Gasteiger partial charge on any atom is -0.497 e. The Kier molecular flexibility index (Phi) is 8.22. The van der Waals surface area contributed by atoms with Crippen molar-refractivity contribution in [1.82, 2.24) is 24.8 Å². The lowest BCUT2D eigenvalue weighted by Crippen LogP contribution is -2.48. The molecule has 0 aliphatic carbocycles. The van der Waals surface area contributed by atoms with E-state index in [2.05, 4.69) is 22.0 Å². The molecule has 1 aromatic carbocycles. The standard InChI is InChI=1S/C25H35N5O5/c1-18-8-10-29(11-9-18)24(31)7-6-23-26-22(27-35-23)17-28-12-14-30(15-13-28)25(32)20-5-4-19(33-2)16-21(20)34-3/h4-5,16,18H,6-15,17H2,1-3H3. The van der Waals surface area contributed by atoms with E-state index in [9.17, 15) is 9.59 Å². The number of likely N-dealkylation sites (tertiary alicyclic amines) is 1. The maximum atomic E-state index is 13.0. The molecule has 0 unspecified atom stereocenters. The highest BCUT2D eigenvalue weighted by molar-refractivity contribution is 5.97. The monoisotopic (exact) mass is 485 g/mol. The van der Waals surface area contributed by atoms with Crippen LogP contribution in [0.5, 0.6) is 11.5 Å². The number of carbonyl (C=O) groups excluding carboxylic acids is 2. The number of piperidine rings is 1. The molecule has 4 rings (SSSR count). The van der Waals surface area contributed by atoms with Crippen LogP contribution in [0, 0.1) is 5.92 Å². The molecule has 35 heavy (non-hydrogen) atoms. The average Bonchev–Trinajstić information content (AvgIpc) is 3.34. The van der Waals surface area contributed by atoms with Gasteiger partial charge in [0.2, 0.25) is 11.8 Å². The second kappa shape index (κ2) is 11.5. The van der Waals surface area contributed by atoms with Crippen molar-refractivity contribution in [3.05, 3.63) is 35.5 Å². The van der Waals surface area contributed by atoms with Crippen molar-refractivity contribution in [3.63, 3.8) is 0 Å². The van der Waals surface area contributed by atoms with Gasteiger partial charge in [-0.1, -0.05) is 12.1 Å². The van der Waals surface area contributed by atoms with Gasteiger partial charge in [0.25, 0.3) is 5.91 Å². The first-order chi connectivity index (χ1) is 17.0. The first-order valence-corrected chi connectivity index (χ1v) is 12.3. The summed E-state index contributed by atoms with van der Waals surface area (Å²) >= 11 is 0. The molecule has 10 nitrogen and oxygen atoms in total. The van der Waals surface area contributed by atoms with Crippen molar-refractivity contribution in [1.29, 1.82) is 0 Å². The number of aromatic nitrogens is 2. The molecule has 0 atom stereocenters. The highest BCUT2D eigenvalue weighted by atomic mass is 16.5. The predicted octanol–water partition coefficient (Wildman–Crippen LogP) is 2.24. The second-order valence-corrected chi connectivity index (χ2v) is 9.30. The summed E-state index contributed by atoms with van der Waals surface area (Å²) < 4.78 is 16.0. The van der Waals surface area contributed by atoms with Crippen LogP contribution in [0.25, 0.3) is 0 Å². The van der Waals surface area contributed by atoms with E-state index in [1.165, 1.54) is 0 Å². The van der Waals surface area contributed by atoms with Gasteiger partial charge in [-0.3, -0.25) is 14.5 Å². The van der Waals surface area contributed by atoms with Gasteiger partial charge in [-0.2, -0.15) is 4.98 Å². The van der Waals surface area contributed by atoms with Crippen LogP contribution >= 0.6 is 0 Å². The topological polar surface area (TPSA) is 101 Å². The first-order valence-electron chi connectivity index (χ1n) is 12.3. The molecule has 0 N–H and O–H groups in total. The van der Waals surface area contributed by atoms with Gasteiger partial charge in [-0.05, 0) is 30.9 Å². The summed E-state index contributed by atoms with van der Waals surface area (Å²) in [6.07, 6.45) is 3.00. The molecule has 10 heteroatoms. The molecule has 0 spiro atoms. The van der Waals surface area contributed by atoms with E-state index in [0.29, 0.717) is 80.3 Å². The van der Waals surface area contributed by atoms with Gasteiger partial charge < -0.3 is 23.8 Å². The molecule has 190 valence electrons. The molecule has 2 aromatic rings. The molecule has 2 amide bonds. The molecule has 2 saturated heterocycles. The van der Waals surface area contributed by atoms with Crippen LogP contribution in [0.3, 0.4) is 0 Å². The van der Waals surface area contributed by atoms with E-state index >= 15 is 0 Å². The third-order valence-electron chi connectivity index (χ3n) is 6.86. The van der Waals surface area contributed by atoms with E-state index in [-0.39, 0.29) is 11.8 Å². The Hall–Kier alpha value is -3.14. The zero-order valence-corrected chi connectivity index (χ0v) is 20.9. The number of hydrogen-bond donors (Lipinski definition) is 0. The minimum absolute atomic E-state index is 0.0566. The SMILES string of the molecule is COc1ccc(C(=O)N2CCN(Cc3noc(CCC(=O)N4CCC(C)CC4)n3)CC2)c(OC)c1. The lowest BCUT2D eigenvalue weighted by atomic mass is 9.99. The molecular formula is C25H35N5O5. The third kappa shape index (κ3) is 6.30. The lowest BCUT2D eigenvalue weighted by Gasteiger charge is -2.34. The minimum atomic E-state index is -0.0566. The van der Waals surface area contributed by atoms with Crippen LogP contribution in [0.2, 0.25) is 0 Å². The van der Waals surface area contributed by atoms with Crippen LogP contribution in [0.15, 0.2) is 22.7 Å². The van der Waals surface area contributed by atoms with Crippen molar-refractivity contribution in [2.24, 2.45) is 5.92 Å². The summed E-state index contributed by atoms with van der Waals surface area (Å²) in [5, 5.41) is 4.09. The Morgan fingerprint density at radius 2 is 1.77 bits per heavy atom. The fourth-order valence-corrected chi connectivity index (χ4v) is 4.54. The number of ether oxygens (including phenoxy) is 2. The number of rotatable bonds is 8. The fourth-order valence-electron chi connectivity index (χ4n) is 4.54. The normalized spacial score (nSPS) is 17.5. The van der Waals surface area contributed by atoms with E-state index in [0.717, 1.165) is 25.9 Å². The number of amides is 2. The smallest absolute Gasteiger partial charge is 0.257 e. The summed E-state index contributed by atoms with van der Waals surface area (Å²) in [5.74, 6) is 3.06. The van der Waals surface area contributed by atoms with Crippen molar-refractivity contribution in [2.45, 2.75) is 39.2 Å². The van der Waals surface area contributed by atoms with Crippen LogP contribution < -0.4 is 9.47 Å². The summed E-state index contributed by atoms with van der Waals surface area (Å²) in [6.45, 7) is 7.08. The van der Waals surface area contributed by atoms with Crippen LogP contribution in [-0.4, -0.2) is 90.1 Å². The van der Waals surface area contributed by atoms with Crippen molar-refractivity contribution >= 4 is 11.8 Å². The zero-order chi connectivity index (χ0) is 24.8. The van der Waals surface area contributed by atoms with Gasteiger partial charge in [0.1, 0.15) is 11.5 Å². The fraction of sp³-hybridized carbons (Fsp3) is 0.600. The van der Waals surface area contributed by atoms with Gasteiger partial charge in [0.05, 0.1) is 26.3 Å². The van der Waals surface area contributed by atoms with Crippen molar-refractivity contribution in [2.75, 3.05) is 53.5 Å². The van der Waals surface area contributed by atoms with E-state index in [1.807, 2.05) is 9.80 Å². The Bertz CT molecular complexity index is 1010. The number of nitrogens with zero attached hydrogens (tertiary/aromatic N) is 5. The molecule has 2 aliphatic heterocycles. The van der Waals surface area contributed by atoms with E-state index in [4.69, 9.17) is 14.0 Å². The van der Waals surface area contributed by atoms with Crippen molar-refractivity contribution < 1.29 is 23.6 Å². The molecular weight excluding hydrogens is 450 g/mol. The summed E-state index contributed by atoms with van der Waals surface area (Å²) in [5.41, 5.74) is 0.526. The molecule has 1 aromatic heterocycles. The van der Waals surface area contributed by atoms with Gasteiger partial charge >= 0.3 is 0 Å². The molecule has 2 fully saturated rings. The Balaban J connectivity index is 1.23. The van der Waals surface area contributed by atoms with Crippen LogP contribution in [-0.2, 0) is 17.8 Å². The maximum Gasteiger partial charge on any atom is 0.257 e. The highest BCUT2D eigenvalue weighted by Gasteiger charge is 2.26. The number of hydrogen-bond acceptors (Lipinski definition) is 8. The Morgan fingerprint density at radius 1 is 1.03 bits per heavy atom. The number of benzene rings is 1. The van der Waals surface area contributed by atoms with Crippen LogP contribution in [0.4, 0.5) is 0 Å². The summed E-state index contributed by atoms with van der Waals surface area (Å²) in [6, 6.07) is 5.22. The lowest BCUT2D eigenvalue weighted by molar-refractivity contribution is -0.132. The molecule has 2 aliphatic rings. The van der Waals surface area contributed by atoms with Gasteiger partial charge in [0, 0.05) is 58.2 Å². The third-order valence-corrected chi connectivity index (χ3v) is 6.86. The first kappa shape index (κ1) is 25.0. The highest BCUT2D eigenvalue weighted by Crippen LogP contribution is 2.26. The predicted molar refractivity (Wildman–Crippen MR) is 128 cm³/mol. The molecule has 0 radical (unpaired) electrons. The summed E-state index contributed by atoms with van der Waals surface area (Å²) in [4.78, 5) is 35.9. The van der Waals surface area contributed by atoms with Gasteiger partial charge in [-0.15, -0.1) is 0 Å². The van der Waals surface area contributed by atoms with Crippen LogP contribution in [0.1, 0.15) is 48.3 Å². The quantitative estimate of drug-likeness (QED) is 0.561. The number of carbonyl (C=O) groups is 2. The second-order valence-electron chi connectivity index (χ2n) is 9.30. The Labute approximate surface area is 206 Å². The molecule has 0 saturated carbocycles. The summed E-state index contributed by atoms with van der Waals surface area (Å²) in [7, 11) is 3.13. The number of methoxy groups -OCH3 is 2. The average molecular weight is 486 g/mol. The number of aryl methyl sites for hydroxylation is 1. The number of piperazine rings is 1. The molecule has 0 bridgehead atoms. The van der Waals surface area contributed by atoms with Crippen molar-refractivity contribution in [3.8, 4) is 11.5 Å². The van der Waals surface area contributed by atoms with E-state index < -0.39 is 0 Å². The largest absolute Gasteiger partial charge is 0.497 e. The maximum absolute atomic E-state index is 13.0. The zero-order valence-electron chi connectivity index (χ0n) is 20.9. The van der Waals surface area contributed by atoms with E-state index in [1.54, 1.807) is 32.4 Å². The Morgan fingerprint density at radius 3 is 2.46 bits per heavy atom. The van der Waals surface area contributed by atoms with Gasteiger partial charge in [-0.25, -0.2) is 0 Å². The van der Waals surface area contributed by atoms with Gasteiger partial charge in [0.15, 0.2) is 5.82 Å². The molecule has 3 heterocycles.